The van der Waals surface area contributed by atoms with E-state index in [4.69, 9.17) is 4.74 Å². The molecule has 0 saturated carbocycles. The van der Waals surface area contributed by atoms with Crippen LogP contribution in [0.2, 0.25) is 0 Å². The predicted octanol–water partition coefficient (Wildman–Crippen LogP) is 2.20. The Labute approximate surface area is 101 Å². The van der Waals surface area contributed by atoms with E-state index in [1.165, 1.54) is 0 Å². The maximum Gasteiger partial charge on any atom is 0.311 e. The van der Waals surface area contributed by atoms with Crippen molar-refractivity contribution in [3.8, 4) is 5.75 Å². The van der Waals surface area contributed by atoms with Crippen LogP contribution in [0.5, 0.6) is 5.75 Å². The van der Waals surface area contributed by atoms with Gasteiger partial charge in [0, 0.05) is 6.07 Å². The van der Waals surface area contributed by atoms with Crippen molar-refractivity contribution < 1.29 is 9.66 Å². The molecule has 0 saturated heterocycles. The largest absolute Gasteiger partial charge is 0.487 e. The molecule has 17 heavy (non-hydrogen) atoms. The number of nitrogens with one attached hydrogen (secondary N) is 1. The van der Waals surface area contributed by atoms with Gasteiger partial charge in [-0.15, -0.1) is 0 Å². The zero-order chi connectivity index (χ0) is 12.8. The molecule has 0 atom stereocenters. The summed E-state index contributed by atoms with van der Waals surface area (Å²) < 4.78 is 5.50. The molecule has 0 spiro atoms. The second kappa shape index (κ2) is 6.20. The molecule has 1 rings (SSSR count). The first kappa shape index (κ1) is 13.4. The third-order valence-electron chi connectivity index (χ3n) is 2.41. The first-order valence-electron chi connectivity index (χ1n) is 5.59. The van der Waals surface area contributed by atoms with Gasteiger partial charge in [-0.25, -0.2) is 0 Å². The van der Waals surface area contributed by atoms with Crippen LogP contribution in [0, 0.1) is 24.0 Å². The fraction of sp³-hybridized carbons (Fsp3) is 0.500. The van der Waals surface area contributed by atoms with Gasteiger partial charge in [0.05, 0.1) is 11.5 Å². The summed E-state index contributed by atoms with van der Waals surface area (Å²) in [5.41, 5.74) is 1.73. The molecule has 0 aliphatic carbocycles. The molecule has 94 valence electrons. The van der Waals surface area contributed by atoms with Crippen LogP contribution >= 0.6 is 0 Å². The summed E-state index contributed by atoms with van der Waals surface area (Å²) in [7, 11) is 1.86. The molecule has 0 bridgehead atoms. The van der Waals surface area contributed by atoms with Crippen molar-refractivity contribution in [2.45, 2.75) is 20.3 Å². The Morgan fingerprint density at radius 1 is 1.41 bits per heavy atom. The summed E-state index contributed by atoms with van der Waals surface area (Å²) in [6.45, 7) is 4.97. The number of rotatable bonds is 6. The Balaban J connectivity index is 2.85. The number of nitro groups is 1. The number of hydrogen-bond donors (Lipinski definition) is 1. The van der Waals surface area contributed by atoms with Crippen molar-refractivity contribution in [3.63, 3.8) is 0 Å². The molecule has 0 fully saturated rings. The molecule has 5 heteroatoms. The Kier molecular flexibility index (Phi) is 4.90. The highest BCUT2D eigenvalue weighted by Gasteiger charge is 2.18. The van der Waals surface area contributed by atoms with Gasteiger partial charge in [-0.05, 0) is 45.0 Å². The van der Waals surface area contributed by atoms with Gasteiger partial charge in [0.15, 0.2) is 5.75 Å². The molecule has 1 aromatic rings. The Morgan fingerprint density at radius 3 is 2.71 bits per heavy atom. The second-order valence-corrected chi connectivity index (χ2v) is 3.99. The average Bonchev–Trinajstić information content (AvgIpc) is 2.25. The monoisotopic (exact) mass is 238 g/mol. The quantitative estimate of drug-likeness (QED) is 0.469. The fourth-order valence-electron chi connectivity index (χ4n) is 1.68. The molecule has 0 aliphatic rings. The average molecular weight is 238 g/mol. The minimum absolute atomic E-state index is 0.0481. The maximum absolute atomic E-state index is 10.9. The van der Waals surface area contributed by atoms with Crippen molar-refractivity contribution in [2.24, 2.45) is 0 Å². The third-order valence-corrected chi connectivity index (χ3v) is 2.41. The molecular formula is C12H18N2O3. The lowest BCUT2D eigenvalue weighted by Crippen LogP contribution is -2.12. The van der Waals surface area contributed by atoms with Crippen LogP contribution < -0.4 is 10.1 Å². The summed E-state index contributed by atoms with van der Waals surface area (Å²) >= 11 is 0. The minimum Gasteiger partial charge on any atom is -0.487 e. The van der Waals surface area contributed by atoms with Crippen LogP contribution in [0.1, 0.15) is 17.5 Å². The smallest absolute Gasteiger partial charge is 0.311 e. The molecule has 5 nitrogen and oxygen atoms in total. The van der Waals surface area contributed by atoms with Crippen LogP contribution in [0.25, 0.3) is 0 Å². The molecule has 1 aromatic carbocycles. The van der Waals surface area contributed by atoms with Crippen molar-refractivity contribution >= 4 is 5.69 Å². The van der Waals surface area contributed by atoms with E-state index < -0.39 is 4.92 Å². The van der Waals surface area contributed by atoms with E-state index in [0.29, 0.717) is 12.4 Å². The Bertz CT molecular complexity index is 405. The van der Waals surface area contributed by atoms with E-state index in [9.17, 15) is 10.1 Å². The number of hydrogen-bond acceptors (Lipinski definition) is 4. The highest BCUT2D eigenvalue weighted by molar-refractivity contribution is 5.53. The molecule has 1 N–H and O–H groups in total. The van der Waals surface area contributed by atoms with Gasteiger partial charge < -0.3 is 10.1 Å². The Hall–Kier alpha value is -1.62. The van der Waals surface area contributed by atoms with Gasteiger partial charge in [-0.2, -0.15) is 0 Å². The molecule has 0 radical (unpaired) electrons. The summed E-state index contributed by atoms with van der Waals surface area (Å²) in [6, 6.07) is 3.43. The van der Waals surface area contributed by atoms with Gasteiger partial charge in [-0.1, -0.05) is 6.07 Å². The van der Waals surface area contributed by atoms with E-state index >= 15 is 0 Å². The lowest BCUT2D eigenvalue weighted by atomic mass is 10.1. The summed E-state index contributed by atoms with van der Waals surface area (Å²) in [5, 5.41) is 13.9. The van der Waals surface area contributed by atoms with E-state index in [-0.39, 0.29) is 5.69 Å². The van der Waals surface area contributed by atoms with Crippen LogP contribution in [-0.2, 0) is 0 Å². The van der Waals surface area contributed by atoms with Crippen LogP contribution in [0.3, 0.4) is 0 Å². The first-order valence-corrected chi connectivity index (χ1v) is 5.59. The topological polar surface area (TPSA) is 64.4 Å². The van der Waals surface area contributed by atoms with E-state index in [2.05, 4.69) is 5.32 Å². The fourth-order valence-corrected chi connectivity index (χ4v) is 1.68. The third kappa shape index (κ3) is 3.71. The minimum atomic E-state index is -0.395. The highest BCUT2D eigenvalue weighted by atomic mass is 16.6. The van der Waals surface area contributed by atoms with Crippen molar-refractivity contribution in [2.75, 3.05) is 20.2 Å². The predicted molar refractivity (Wildman–Crippen MR) is 66.6 cm³/mol. The van der Waals surface area contributed by atoms with Gasteiger partial charge in [0.2, 0.25) is 0 Å². The van der Waals surface area contributed by atoms with Crippen LogP contribution in [-0.4, -0.2) is 25.1 Å². The van der Waals surface area contributed by atoms with Crippen molar-refractivity contribution in [3.05, 3.63) is 33.4 Å². The standard InChI is InChI=1S/C12H18N2O3/c1-9-7-10(2)12(11(8-9)14(15)16)17-6-4-5-13-3/h7-8,13H,4-6H2,1-3H3. The SMILES string of the molecule is CNCCCOc1c(C)cc(C)cc1[N+](=O)[O-]. The summed E-state index contributed by atoms with van der Waals surface area (Å²) in [4.78, 5) is 10.5. The van der Waals surface area contributed by atoms with Crippen molar-refractivity contribution in [1.82, 2.24) is 5.32 Å². The van der Waals surface area contributed by atoms with Gasteiger partial charge in [0.25, 0.3) is 0 Å². The molecule has 0 aromatic heterocycles. The number of nitro benzene ring substituents is 1. The number of nitrogens with zero attached hydrogens (tertiary/aromatic N) is 1. The lowest BCUT2D eigenvalue weighted by molar-refractivity contribution is -0.386. The second-order valence-electron chi connectivity index (χ2n) is 3.99. The zero-order valence-electron chi connectivity index (χ0n) is 10.4. The van der Waals surface area contributed by atoms with Crippen LogP contribution in [0.15, 0.2) is 12.1 Å². The van der Waals surface area contributed by atoms with Crippen molar-refractivity contribution in [1.29, 1.82) is 0 Å². The number of benzene rings is 1. The van der Waals surface area contributed by atoms with Gasteiger partial charge in [-0.3, -0.25) is 10.1 Å². The van der Waals surface area contributed by atoms with Gasteiger partial charge >= 0.3 is 5.69 Å². The number of aryl methyl sites for hydroxylation is 2. The van der Waals surface area contributed by atoms with E-state index in [1.807, 2.05) is 27.0 Å². The molecular weight excluding hydrogens is 220 g/mol. The zero-order valence-corrected chi connectivity index (χ0v) is 10.4. The summed E-state index contributed by atoms with van der Waals surface area (Å²) in [6.07, 6.45) is 0.820. The maximum atomic E-state index is 10.9. The molecule has 0 aliphatic heterocycles. The molecule has 0 amide bonds. The number of ether oxygens (including phenoxy) is 1. The van der Waals surface area contributed by atoms with E-state index in [1.54, 1.807) is 6.07 Å². The normalized spacial score (nSPS) is 10.3. The van der Waals surface area contributed by atoms with Crippen LogP contribution in [0.4, 0.5) is 5.69 Å². The summed E-state index contributed by atoms with van der Waals surface area (Å²) in [5.74, 6) is 0.386. The molecule has 0 heterocycles. The highest BCUT2D eigenvalue weighted by Crippen LogP contribution is 2.31. The molecule has 0 unspecified atom stereocenters. The Morgan fingerprint density at radius 2 is 2.12 bits per heavy atom. The first-order chi connectivity index (χ1) is 8.06. The van der Waals surface area contributed by atoms with Gasteiger partial charge in [0.1, 0.15) is 0 Å². The van der Waals surface area contributed by atoms with E-state index in [0.717, 1.165) is 24.1 Å². The lowest BCUT2D eigenvalue weighted by Gasteiger charge is -2.10.